The Morgan fingerprint density at radius 2 is 1.98 bits per heavy atom. The lowest BCUT2D eigenvalue weighted by Gasteiger charge is -2.38. The van der Waals surface area contributed by atoms with E-state index in [1.165, 1.54) is 30.5 Å². The highest BCUT2D eigenvalue weighted by molar-refractivity contribution is 6.31. The van der Waals surface area contributed by atoms with Crippen LogP contribution in [0.2, 0.25) is 5.02 Å². The van der Waals surface area contributed by atoms with Gasteiger partial charge in [-0.3, -0.25) is 14.5 Å². The van der Waals surface area contributed by atoms with E-state index >= 15 is 0 Å². The Balaban J connectivity index is 1.35. The van der Waals surface area contributed by atoms with Gasteiger partial charge in [-0.25, -0.2) is 18.7 Å². The Morgan fingerprint density at radius 3 is 2.73 bits per heavy atom. The SMILES string of the molecule is C=CC(=O)N1CCC(Oc2cc3c(Nc4ccc(F)c(Cl)c4F)ncnc3cc2OC)CC1C(=O)NCCN1CCOCC1. The fraction of sp³-hybridized carbons (Fsp3) is 0.400. The lowest BCUT2D eigenvalue weighted by Crippen LogP contribution is -2.55. The molecule has 11 nitrogen and oxygen atoms in total. The number of piperidine rings is 1. The van der Waals surface area contributed by atoms with E-state index in [0.717, 1.165) is 19.2 Å². The molecule has 14 heteroatoms. The first kappa shape index (κ1) is 31.4. The molecule has 2 fully saturated rings. The summed E-state index contributed by atoms with van der Waals surface area (Å²) < 4.78 is 45.7. The lowest BCUT2D eigenvalue weighted by atomic mass is 9.98. The van der Waals surface area contributed by atoms with Crippen molar-refractivity contribution in [2.24, 2.45) is 0 Å². The first-order valence-corrected chi connectivity index (χ1v) is 14.6. The minimum Gasteiger partial charge on any atom is -0.493 e. The van der Waals surface area contributed by atoms with Crippen molar-refractivity contribution in [1.29, 1.82) is 0 Å². The number of morpholine rings is 1. The van der Waals surface area contributed by atoms with Crippen molar-refractivity contribution in [2.75, 3.05) is 58.4 Å². The molecule has 44 heavy (non-hydrogen) atoms. The predicted molar refractivity (Wildman–Crippen MR) is 160 cm³/mol. The molecule has 234 valence electrons. The summed E-state index contributed by atoms with van der Waals surface area (Å²) in [7, 11) is 1.49. The smallest absolute Gasteiger partial charge is 0.246 e. The molecule has 2 aromatic carbocycles. The third-order valence-corrected chi connectivity index (χ3v) is 7.99. The number of fused-ring (bicyclic) bond motifs is 1. The molecule has 2 unspecified atom stereocenters. The lowest BCUT2D eigenvalue weighted by molar-refractivity contribution is -0.140. The number of carbonyl (C=O) groups excluding carboxylic acids is 2. The molecule has 2 N–H and O–H groups in total. The van der Waals surface area contributed by atoms with Gasteiger partial charge < -0.3 is 29.7 Å². The zero-order valence-electron chi connectivity index (χ0n) is 24.2. The van der Waals surface area contributed by atoms with Gasteiger partial charge in [0.1, 0.15) is 35.1 Å². The van der Waals surface area contributed by atoms with Crippen molar-refractivity contribution in [2.45, 2.75) is 25.0 Å². The maximum absolute atomic E-state index is 14.6. The second-order valence-corrected chi connectivity index (χ2v) is 10.7. The van der Waals surface area contributed by atoms with Gasteiger partial charge in [0.2, 0.25) is 11.8 Å². The number of aromatic nitrogens is 2. The molecule has 2 saturated heterocycles. The average molecular weight is 631 g/mol. The number of ether oxygens (including phenoxy) is 3. The van der Waals surface area contributed by atoms with E-state index in [1.807, 2.05) is 0 Å². The van der Waals surface area contributed by atoms with Crippen molar-refractivity contribution < 1.29 is 32.6 Å². The molecule has 2 aliphatic heterocycles. The minimum absolute atomic E-state index is 0.0728. The van der Waals surface area contributed by atoms with Crippen molar-refractivity contribution in [3.63, 3.8) is 0 Å². The molecule has 5 rings (SSSR count). The summed E-state index contributed by atoms with van der Waals surface area (Å²) in [5, 5.41) is 5.65. The number of methoxy groups -OCH3 is 1. The summed E-state index contributed by atoms with van der Waals surface area (Å²) in [5.74, 6) is -1.49. The molecule has 3 aromatic rings. The van der Waals surface area contributed by atoms with Crippen LogP contribution in [0.15, 0.2) is 43.2 Å². The molecule has 3 heterocycles. The molecule has 1 aromatic heterocycles. The molecular weight excluding hydrogens is 598 g/mol. The number of anilines is 2. The number of hydrogen-bond acceptors (Lipinski definition) is 9. The number of rotatable bonds is 10. The van der Waals surface area contributed by atoms with Gasteiger partial charge in [0, 0.05) is 57.0 Å². The quantitative estimate of drug-likeness (QED) is 0.255. The van der Waals surface area contributed by atoms with Gasteiger partial charge in [0.05, 0.1) is 31.5 Å². The van der Waals surface area contributed by atoms with Crippen LogP contribution in [0.1, 0.15) is 12.8 Å². The van der Waals surface area contributed by atoms with Crippen LogP contribution in [0.3, 0.4) is 0 Å². The molecular formula is C30H33ClF2N6O5. The van der Waals surface area contributed by atoms with E-state index in [1.54, 1.807) is 12.1 Å². The third-order valence-electron chi connectivity index (χ3n) is 7.65. The van der Waals surface area contributed by atoms with Crippen LogP contribution in [0.4, 0.5) is 20.3 Å². The van der Waals surface area contributed by atoms with Crippen LogP contribution < -0.4 is 20.1 Å². The number of carbonyl (C=O) groups is 2. The maximum atomic E-state index is 14.6. The fourth-order valence-electron chi connectivity index (χ4n) is 5.29. The molecule has 0 saturated carbocycles. The minimum atomic E-state index is -0.960. The molecule has 0 aliphatic carbocycles. The fourth-order valence-corrected chi connectivity index (χ4v) is 5.46. The molecule has 0 radical (unpaired) electrons. The van der Waals surface area contributed by atoms with Crippen LogP contribution in [-0.4, -0.2) is 96.8 Å². The van der Waals surface area contributed by atoms with Gasteiger partial charge in [0.25, 0.3) is 0 Å². The summed E-state index contributed by atoms with van der Waals surface area (Å²) in [5.41, 5.74) is 0.403. The maximum Gasteiger partial charge on any atom is 0.246 e. The Labute approximate surface area is 258 Å². The zero-order chi connectivity index (χ0) is 31.2. The number of hydrogen-bond donors (Lipinski definition) is 2. The Kier molecular flexibility index (Phi) is 10.1. The summed E-state index contributed by atoms with van der Waals surface area (Å²) in [4.78, 5) is 38.2. The van der Waals surface area contributed by atoms with Gasteiger partial charge in [-0.2, -0.15) is 0 Å². The van der Waals surface area contributed by atoms with Crippen LogP contribution in [0, 0.1) is 11.6 Å². The highest BCUT2D eigenvalue weighted by atomic mass is 35.5. The number of likely N-dealkylation sites (tertiary alicyclic amines) is 1. The molecule has 0 spiro atoms. The van der Waals surface area contributed by atoms with Crippen molar-refractivity contribution in [3.05, 3.63) is 59.9 Å². The zero-order valence-corrected chi connectivity index (χ0v) is 24.9. The number of nitrogens with one attached hydrogen (secondary N) is 2. The van der Waals surface area contributed by atoms with Gasteiger partial charge in [0.15, 0.2) is 17.3 Å². The van der Waals surface area contributed by atoms with Crippen LogP contribution >= 0.6 is 11.6 Å². The van der Waals surface area contributed by atoms with E-state index < -0.39 is 28.8 Å². The van der Waals surface area contributed by atoms with E-state index in [2.05, 4.69) is 32.1 Å². The number of nitrogens with zero attached hydrogens (tertiary/aromatic N) is 4. The normalized spacial score (nSPS) is 19.0. The number of benzene rings is 2. The molecule has 2 amide bonds. The van der Waals surface area contributed by atoms with E-state index in [0.29, 0.717) is 55.1 Å². The van der Waals surface area contributed by atoms with Gasteiger partial charge in [-0.05, 0) is 24.3 Å². The van der Waals surface area contributed by atoms with E-state index in [4.69, 9.17) is 25.8 Å². The number of amides is 2. The van der Waals surface area contributed by atoms with Crippen LogP contribution in [0.5, 0.6) is 11.5 Å². The third kappa shape index (κ3) is 7.01. The Bertz CT molecular complexity index is 1540. The van der Waals surface area contributed by atoms with Gasteiger partial charge in [-0.1, -0.05) is 18.2 Å². The summed E-state index contributed by atoms with van der Waals surface area (Å²) >= 11 is 5.75. The molecule has 0 bridgehead atoms. The average Bonchev–Trinajstić information content (AvgIpc) is 3.05. The second kappa shape index (κ2) is 14.1. The summed E-state index contributed by atoms with van der Waals surface area (Å²) in [6.45, 7) is 7.92. The largest absolute Gasteiger partial charge is 0.493 e. The van der Waals surface area contributed by atoms with E-state index in [9.17, 15) is 18.4 Å². The molecule has 2 atom stereocenters. The first-order chi connectivity index (χ1) is 21.3. The van der Waals surface area contributed by atoms with Crippen molar-refractivity contribution in [1.82, 2.24) is 25.1 Å². The topological polar surface area (TPSA) is 118 Å². The standard InChI is InChI=1S/C30H33ClF2N6O5/c1-3-26(40)39-8-6-18(14-23(39)30(41)34-7-9-38-10-12-43-13-11-38)44-25-15-19-22(16-24(25)42-2)35-17-36-29(19)37-21-5-4-20(32)27(31)28(21)33/h3-5,15-18,23H,1,6-14H2,2H3,(H,34,41)(H,35,36,37). The second-order valence-electron chi connectivity index (χ2n) is 10.4. The van der Waals surface area contributed by atoms with Crippen molar-refractivity contribution in [3.8, 4) is 11.5 Å². The monoisotopic (exact) mass is 630 g/mol. The van der Waals surface area contributed by atoms with Gasteiger partial charge >= 0.3 is 0 Å². The highest BCUT2D eigenvalue weighted by Gasteiger charge is 2.36. The van der Waals surface area contributed by atoms with E-state index in [-0.39, 0.29) is 36.3 Å². The predicted octanol–water partition coefficient (Wildman–Crippen LogP) is 3.69. The van der Waals surface area contributed by atoms with Crippen LogP contribution in [-0.2, 0) is 14.3 Å². The Hall–Kier alpha value is -4.07. The van der Waals surface area contributed by atoms with Crippen molar-refractivity contribution >= 4 is 45.8 Å². The summed E-state index contributed by atoms with van der Waals surface area (Å²) in [6, 6.07) is 4.81. The summed E-state index contributed by atoms with van der Waals surface area (Å²) in [6.07, 6.45) is 2.74. The molecule has 2 aliphatic rings. The van der Waals surface area contributed by atoms with Crippen LogP contribution in [0.25, 0.3) is 10.9 Å². The highest BCUT2D eigenvalue weighted by Crippen LogP contribution is 2.37. The number of halogens is 3. The first-order valence-electron chi connectivity index (χ1n) is 14.2. The van der Waals surface area contributed by atoms with Gasteiger partial charge in [-0.15, -0.1) is 0 Å². The Morgan fingerprint density at radius 1 is 1.18 bits per heavy atom.